The van der Waals surface area contributed by atoms with E-state index in [1.807, 2.05) is 33.8 Å². The number of unbranched alkanes of at least 4 members (excludes halogenated alkanes) is 4. The van der Waals surface area contributed by atoms with Gasteiger partial charge in [-0.15, -0.1) is 0 Å². The van der Waals surface area contributed by atoms with Gasteiger partial charge in [-0.05, 0) is 140 Å². The summed E-state index contributed by atoms with van der Waals surface area (Å²) in [4.78, 5) is 29.4. The molecule has 8 heteroatoms. The van der Waals surface area contributed by atoms with Gasteiger partial charge in [-0.3, -0.25) is 0 Å². The van der Waals surface area contributed by atoms with Crippen LogP contribution in [0.1, 0.15) is 212 Å². The highest BCUT2D eigenvalue weighted by atomic mass is 16.7. The molecule has 0 bridgehead atoms. The smallest absolute Gasteiger partial charge is 0.345 e. The van der Waals surface area contributed by atoms with Crippen LogP contribution >= 0.6 is 0 Å². The number of carbonyl (C=O) groups excluding carboxylic acids is 2. The third-order valence-electron chi connectivity index (χ3n) is 14.5. The van der Waals surface area contributed by atoms with Crippen molar-refractivity contribution in [2.75, 3.05) is 0 Å². The Hall–Kier alpha value is -4.72. The monoisotopic (exact) mass is 861 g/mol. The predicted molar refractivity (Wildman–Crippen MR) is 250 cm³/mol. The van der Waals surface area contributed by atoms with Crippen molar-refractivity contribution < 1.29 is 38.7 Å². The summed E-state index contributed by atoms with van der Waals surface area (Å²) >= 11 is 0. The van der Waals surface area contributed by atoms with Crippen LogP contribution in [0.3, 0.4) is 0 Å². The van der Waals surface area contributed by atoms with Crippen molar-refractivity contribution in [3.8, 4) is 23.0 Å². The molecule has 1 fully saturated rings. The first-order valence-electron chi connectivity index (χ1n) is 23.9. The summed E-state index contributed by atoms with van der Waals surface area (Å²) in [5.74, 6) is -3.47. The zero-order valence-electron chi connectivity index (χ0n) is 39.6. The van der Waals surface area contributed by atoms with Crippen molar-refractivity contribution in [2.45, 2.75) is 188 Å². The molecule has 5 aliphatic rings. The molecular weight excluding hydrogens is 789 g/mol. The zero-order chi connectivity index (χ0) is 45.5. The summed E-state index contributed by atoms with van der Waals surface area (Å²) in [5.41, 5.74) is 9.47. The number of hydrogen-bond donors (Lipinski definition) is 2. The van der Waals surface area contributed by atoms with Crippen molar-refractivity contribution in [3.05, 3.63) is 104 Å². The average Bonchev–Trinajstić information content (AvgIpc) is 3.58. The molecule has 0 aromatic heterocycles. The molecule has 63 heavy (non-hydrogen) atoms. The third kappa shape index (κ3) is 9.02. The second kappa shape index (κ2) is 18.4. The van der Waals surface area contributed by atoms with Gasteiger partial charge in [0.1, 0.15) is 34.1 Å². The molecule has 2 aliphatic heterocycles. The Morgan fingerprint density at radius 1 is 0.746 bits per heavy atom. The van der Waals surface area contributed by atoms with Gasteiger partial charge >= 0.3 is 11.9 Å². The van der Waals surface area contributed by atoms with E-state index in [0.29, 0.717) is 65.0 Å². The highest BCUT2D eigenvalue weighted by molar-refractivity contribution is 5.98. The van der Waals surface area contributed by atoms with E-state index >= 15 is 0 Å². The first-order valence-corrected chi connectivity index (χ1v) is 23.9. The molecule has 2 aromatic carbocycles. The number of rotatable bonds is 14. The van der Waals surface area contributed by atoms with Gasteiger partial charge in [-0.2, -0.15) is 0 Å². The molecule has 7 unspecified atom stereocenters. The van der Waals surface area contributed by atoms with Crippen LogP contribution in [0, 0.1) is 11.8 Å². The first kappa shape index (κ1) is 46.3. The minimum absolute atomic E-state index is 0.00549. The number of hydrogen-bond acceptors (Lipinski definition) is 8. The quantitative estimate of drug-likeness (QED) is 0.110. The summed E-state index contributed by atoms with van der Waals surface area (Å²) in [6.07, 6.45) is 17.7. The number of esters is 2. The SMILES string of the molecule is C=C(C)C1CCC(C)=CC1c1c(O)cc(CCCCC)c2c1OC1(CCC(c3c(O)c(C4C=C(C)CCC4C(=C)C)c4c(c3CCCCC)C(=O)OC(C)(C=C(C)C)O4)C1)OC2=O. The summed E-state index contributed by atoms with van der Waals surface area (Å²) in [6, 6.07) is 1.76. The summed E-state index contributed by atoms with van der Waals surface area (Å²) in [5, 5.41) is 25.1. The van der Waals surface area contributed by atoms with Crippen molar-refractivity contribution in [2.24, 2.45) is 11.8 Å². The second-order valence-electron chi connectivity index (χ2n) is 20.1. The average molecular weight is 861 g/mol. The molecular formula is C55H72O8. The van der Waals surface area contributed by atoms with Crippen molar-refractivity contribution >= 4 is 11.9 Å². The molecule has 0 saturated heterocycles. The van der Waals surface area contributed by atoms with E-state index in [9.17, 15) is 19.8 Å². The number of aromatic hydroxyl groups is 2. The minimum atomic E-state index is -1.37. The van der Waals surface area contributed by atoms with Crippen LogP contribution in [0.2, 0.25) is 0 Å². The molecule has 1 spiro atoms. The fourth-order valence-electron chi connectivity index (χ4n) is 11.5. The zero-order valence-corrected chi connectivity index (χ0v) is 39.6. The number of cyclic esters (lactones) is 1. The Kier molecular flexibility index (Phi) is 13.5. The molecule has 1 saturated carbocycles. The van der Waals surface area contributed by atoms with Crippen LogP contribution in [-0.4, -0.2) is 33.7 Å². The van der Waals surface area contributed by atoms with E-state index in [0.717, 1.165) is 92.1 Å². The van der Waals surface area contributed by atoms with Crippen LogP contribution in [0.15, 0.2) is 65.3 Å². The van der Waals surface area contributed by atoms with E-state index in [4.69, 9.17) is 18.9 Å². The molecule has 2 N–H and O–H groups in total. The largest absolute Gasteiger partial charge is 0.507 e. The summed E-state index contributed by atoms with van der Waals surface area (Å²) < 4.78 is 26.7. The Bertz CT molecular complexity index is 2270. The highest BCUT2D eigenvalue weighted by Crippen LogP contribution is 2.59. The van der Waals surface area contributed by atoms with Gasteiger partial charge in [0.15, 0.2) is 0 Å². The third-order valence-corrected chi connectivity index (χ3v) is 14.5. The molecule has 0 amide bonds. The van der Waals surface area contributed by atoms with Crippen LogP contribution in [0.25, 0.3) is 0 Å². The lowest BCUT2D eigenvalue weighted by Crippen LogP contribution is -2.43. The molecule has 340 valence electrons. The Balaban J connectivity index is 1.41. The van der Waals surface area contributed by atoms with Gasteiger partial charge in [0.2, 0.25) is 0 Å². The Morgan fingerprint density at radius 3 is 1.90 bits per heavy atom. The summed E-state index contributed by atoms with van der Waals surface area (Å²) in [6.45, 7) is 27.0. The number of carbonyl (C=O) groups is 2. The highest BCUT2D eigenvalue weighted by Gasteiger charge is 2.53. The van der Waals surface area contributed by atoms with E-state index in [-0.39, 0.29) is 47.5 Å². The van der Waals surface area contributed by atoms with Crippen LogP contribution in [-0.2, 0) is 22.3 Å². The number of ether oxygens (including phenoxy) is 4. The maximum absolute atomic E-state index is 14.7. The van der Waals surface area contributed by atoms with Gasteiger partial charge in [0.05, 0.1) is 0 Å². The van der Waals surface area contributed by atoms with Crippen molar-refractivity contribution in [3.63, 3.8) is 0 Å². The predicted octanol–water partition coefficient (Wildman–Crippen LogP) is 14.0. The van der Waals surface area contributed by atoms with Gasteiger partial charge in [0.25, 0.3) is 11.6 Å². The molecule has 2 aromatic rings. The van der Waals surface area contributed by atoms with Crippen LogP contribution < -0.4 is 9.47 Å². The van der Waals surface area contributed by atoms with Crippen LogP contribution in [0.4, 0.5) is 0 Å². The molecule has 0 radical (unpaired) electrons. The standard InChI is InChI=1S/C55H72O8/c1-12-14-16-18-36-28-43(56)46(41-26-34(9)20-22-38(41)32(5)6)50-45(36)52(58)63-55(61-50)25-24-37(30-55)44-40(19-17-15-13-2)48-51(60-54(11,29-31(3)4)62-53(48)59)47(49(44)57)42-27-35(10)21-23-39(42)33(7)8/h26-29,37-39,41-42,56-57H,5,7,12-25,30H2,1-4,6,8-11H3. The number of phenolic OH excluding ortho intramolecular Hbond substituents is 2. The van der Waals surface area contributed by atoms with E-state index < -0.39 is 23.5 Å². The van der Waals surface area contributed by atoms with E-state index in [2.05, 4.69) is 53.0 Å². The lowest BCUT2D eigenvalue weighted by atomic mass is 9.71. The second-order valence-corrected chi connectivity index (χ2v) is 20.1. The van der Waals surface area contributed by atoms with Gasteiger partial charge in [0, 0.05) is 48.3 Å². The topological polar surface area (TPSA) is 112 Å². The molecule has 7 atom stereocenters. The Labute approximate surface area is 376 Å². The summed E-state index contributed by atoms with van der Waals surface area (Å²) in [7, 11) is 0. The normalized spacial score (nSPS) is 27.5. The van der Waals surface area contributed by atoms with E-state index in [1.54, 1.807) is 13.0 Å². The molecule has 8 nitrogen and oxygen atoms in total. The number of benzene rings is 2. The van der Waals surface area contributed by atoms with Gasteiger partial charge in [-0.1, -0.05) is 92.7 Å². The maximum atomic E-state index is 14.7. The van der Waals surface area contributed by atoms with Crippen molar-refractivity contribution in [1.29, 1.82) is 0 Å². The van der Waals surface area contributed by atoms with Crippen LogP contribution in [0.5, 0.6) is 23.0 Å². The lowest BCUT2D eigenvalue weighted by Gasteiger charge is -2.40. The van der Waals surface area contributed by atoms with Gasteiger partial charge < -0.3 is 29.2 Å². The number of fused-ring (bicyclic) bond motifs is 2. The maximum Gasteiger partial charge on any atom is 0.345 e. The molecule has 3 aliphatic carbocycles. The van der Waals surface area contributed by atoms with Crippen molar-refractivity contribution in [1.82, 2.24) is 0 Å². The Morgan fingerprint density at radius 2 is 1.32 bits per heavy atom. The van der Waals surface area contributed by atoms with Gasteiger partial charge in [-0.25, -0.2) is 9.59 Å². The van der Waals surface area contributed by atoms with E-state index in [1.165, 1.54) is 11.1 Å². The minimum Gasteiger partial charge on any atom is -0.507 e. The number of allylic oxidation sites excluding steroid dienone is 7. The molecule has 2 heterocycles. The number of aryl methyl sites for hydroxylation is 1. The fourth-order valence-corrected chi connectivity index (χ4v) is 11.5. The fraction of sp³-hybridized carbons (Fsp3) is 0.564. The number of phenols is 2. The first-order chi connectivity index (χ1) is 29.9. The lowest BCUT2D eigenvalue weighted by molar-refractivity contribution is -0.150. The molecule has 7 rings (SSSR count).